The van der Waals surface area contributed by atoms with Gasteiger partial charge in [-0.3, -0.25) is 9.79 Å². The molecule has 1 aliphatic heterocycles. The van der Waals surface area contributed by atoms with Gasteiger partial charge in [-0.05, 0) is 67.4 Å². The smallest absolute Gasteiger partial charge is 0.307 e. The van der Waals surface area contributed by atoms with E-state index >= 15 is 4.39 Å². The molecule has 4 rings (SSSR count). The van der Waals surface area contributed by atoms with Gasteiger partial charge in [-0.2, -0.15) is 0 Å². The summed E-state index contributed by atoms with van der Waals surface area (Å²) >= 11 is 0. The first-order valence-corrected chi connectivity index (χ1v) is 11.4. The van der Waals surface area contributed by atoms with Crippen molar-refractivity contribution in [1.82, 2.24) is 0 Å². The number of ether oxygens (including phenoxy) is 1. The maximum atomic E-state index is 15.2. The first-order chi connectivity index (χ1) is 15.2. The minimum atomic E-state index is -4.18. The molecule has 164 valence electrons. The Balaban J connectivity index is 1.75. The highest BCUT2D eigenvalue weighted by molar-refractivity contribution is 7.91. The number of sulfone groups is 1. The Morgan fingerprint density at radius 3 is 2.34 bits per heavy atom. The maximum Gasteiger partial charge on any atom is 0.307 e. The highest BCUT2D eigenvalue weighted by Crippen LogP contribution is 2.27. The van der Waals surface area contributed by atoms with Crippen LogP contribution in [0, 0.1) is 12.7 Å². The lowest BCUT2D eigenvalue weighted by Crippen LogP contribution is -2.30. The summed E-state index contributed by atoms with van der Waals surface area (Å²) in [5, 5.41) is 9.83. The van der Waals surface area contributed by atoms with Crippen LogP contribution in [0.15, 0.2) is 75.4 Å². The average molecular weight is 453 g/mol. The Labute approximate surface area is 184 Å². The third kappa shape index (κ3) is 3.89. The second-order valence-corrected chi connectivity index (χ2v) is 9.42. The van der Waals surface area contributed by atoms with E-state index in [1.54, 1.807) is 19.1 Å². The zero-order valence-corrected chi connectivity index (χ0v) is 18.2. The van der Waals surface area contributed by atoms with E-state index in [0.29, 0.717) is 22.3 Å². The molecule has 6 nitrogen and oxygen atoms in total. The van der Waals surface area contributed by atoms with Crippen molar-refractivity contribution in [3.63, 3.8) is 0 Å². The highest BCUT2D eigenvalue weighted by atomic mass is 32.2. The third-order valence-electron chi connectivity index (χ3n) is 5.35. The number of benzene rings is 3. The van der Waals surface area contributed by atoms with Gasteiger partial charge in [-0.25, -0.2) is 12.8 Å². The largest absolute Gasteiger partial charge is 0.481 e. The molecule has 0 aliphatic carbocycles. The van der Waals surface area contributed by atoms with Crippen LogP contribution in [0.25, 0.3) is 5.57 Å². The lowest BCUT2D eigenvalue weighted by atomic mass is 10.0. The van der Waals surface area contributed by atoms with E-state index in [2.05, 4.69) is 4.99 Å². The fourth-order valence-electron chi connectivity index (χ4n) is 3.78. The van der Waals surface area contributed by atoms with E-state index in [9.17, 15) is 13.2 Å². The summed E-state index contributed by atoms with van der Waals surface area (Å²) in [6.07, 6.45) is -0.285. The number of rotatable bonds is 6. The number of halogens is 1. The van der Waals surface area contributed by atoms with Crippen LogP contribution in [0.1, 0.15) is 18.9 Å². The number of hydrogen-bond donors (Lipinski definition) is 1. The average Bonchev–Trinajstić information content (AvgIpc) is 3.06. The van der Waals surface area contributed by atoms with Crippen LogP contribution in [0.4, 0.5) is 4.39 Å². The number of carboxylic acid groups (broad SMARTS) is 1. The van der Waals surface area contributed by atoms with Crippen LogP contribution in [-0.2, 0) is 14.6 Å². The van der Waals surface area contributed by atoms with E-state index in [-0.39, 0.29) is 22.2 Å². The number of para-hydroxylation sites is 1. The zero-order valence-electron chi connectivity index (χ0n) is 17.4. The fourth-order valence-corrected chi connectivity index (χ4v) is 5.19. The van der Waals surface area contributed by atoms with Crippen molar-refractivity contribution >= 4 is 21.4 Å². The quantitative estimate of drug-likeness (QED) is 0.618. The SMILES string of the molecule is Cc1c(F)c(S(=O)(=O)c2ccc(Oc3ccccc3)cc2)cc2c1=C(CC(=O)O)C(C)N=2. The minimum Gasteiger partial charge on any atom is -0.481 e. The van der Waals surface area contributed by atoms with Crippen LogP contribution in [-0.4, -0.2) is 25.5 Å². The normalized spacial score (nSPS) is 15.2. The second-order valence-electron chi connectivity index (χ2n) is 7.50. The number of nitrogens with zero attached hydrogens (tertiary/aromatic N) is 1. The molecule has 0 aromatic heterocycles. The van der Waals surface area contributed by atoms with E-state index in [1.807, 2.05) is 18.2 Å². The molecule has 8 heteroatoms. The molecule has 1 N–H and O–H groups in total. The summed E-state index contributed by atoms with van der Waals surface area (Å²) in [5.74, 6) is -0.908. The van der Waals surface area contributed by atoms with Gasteiger partial charge in [0.15, 0.2) is 0 Å². The summed E-state index contributed by atoms with van der Waals surface area (Å²) < 4.78 is 47.3. The van der Waals surface area contributed by atoms with Gasteiger partial charge in [-0.15, -0.1) is 0 Å². The van der Waals surface area contributed by atoms with E-state index in [0.717, 1.165) is 0 Å². The van der Waals surface area contributed by atoms with Crippen molar-refractivity contribution < 1.29 is 27.4 Å². The number of carbonyl (C=O) groups is 1. The Hall–Kier alpha value is -3.52. The third-order valence-corrected chi connectivity index (χ3v) is 7.12. The molecule has 3 aromatic carbocycles. The van der Waals surface area contributed by atoms with Crippen molar-refractivity contribution in [3.05, 3.63) is 82.6 Å². The van der Waals surface area contributed by atoms with Crippen LogP contribution >= 0.6 is 0 Å². The summed E-state index contributed by atoms with van der Waals surface area (Å²) in [7, 11) is -4.18. The molecule has 0 saturated carbocycles. The molecule has 0 spiro atoms. The maximum absolute atomic E-state index is 15.2. The molecular formula is C24H20FNO5S. The Bertz CT molecular complexity index is 1430. The molecule has 1 heterocycles. The molecular weight excluding hydrogens is 433 g/mol. The van der Waals surface area contributed by atoms with Crippen LogP contribution < -0.4 is 15.3 Å². The number of hydrogen-bond acceptors (Lipinski definition) is 5. The molecule has 0 fully saturated rings. The first kappa shape index (κ1) is 21.7. The van der Waals surface area contributed by atoms with Gasteiger partial charge in [0, 0.05) is 5.22 Å². The molecule has 1 unspecified atom stereocenters. The molecule has 1 atom stereocenters. The van der Waals surface area contributed by atoms with Crippen molar-refractivity contribution in [1.29, 1.82) is 0 Å². The van der Waals surface area contributed by atoms with Crippen LogP contribution in [0.3, 0.4) is 0 Å². The number of aliphatic carboxylic acids is 1. The molecule has 0 bridgehead atoms. The predicted molar refractivity (Wildman–Crippen MR) is 115 cm³/mol. The van der Waals surface area contributed by atoms with Gasteiger partial charge in [0.1, 0.15) is 22.2 Å². The lowest BCUT2D eigenvalue weighted by Gasteiger charge is -2.10. The lowest BCUT2D eigenvalue weighted by molar-refractivity contribution is -0.135. The molecule has 0 amide bonds. The minimum absolute atomic E-state index is 0.0782. The molecule has 1 aliphatic rings. The van der Waals surface area contributed by atoms with Crippen molar-refractivity contribution in [2.45, 2.75) is 36.1 Å². The molecule has 3 aromatic rings. The van der Waals surface area contributed by atoms with E-state index in [4.69, 9.17) is 9.84 Å². The number of carboxylic acids is 1. The van der Waals surface area contributed by atoms with Crippen molar-refractivity contribution in [3.8, 4) is 11.5 Å². The first-order valence-electron chi connectivity index (χ1n) is 9.88. The number of fused-ring (bicyclic) bond motifs is 1. The van der Waals surface area contributed by atoms with Gasteiger partial charge in [0.2, 0.25) is 9.84 Å². The monoisotopic (exact) mass is 453 g/mol. The highest BCUT2D eigenvalue weighted by Gasteiger charge is 2.28. The van der Waals surface area contributed by atoms with Gasteiger partial charge in [0.25, 0.3) is 0 Å². The fraction of sp³-hybridized carbons (Fsp3) is 0.167. The molecule has 32 heavy (non-hydrogen) atoms. The Morgan fingerprint density at radius 2 is 1.72 bits per heavy atom. The summed E-state index contributed by atoms with van der Waals surface area (Å²) in [6, 6.07) is 15.5. The van der Waals surface area contributed by atoms with Gasteiger partial charge >= 0.3 is 5.97 Å². The summed E-state index contributed by atoms with van der Waals surface area (Å²) in [4.78, 5) is 15.0. The van der Waals surface area contributed by atoms with E-state index < -0.39 is 32.6 Å². The van der Waals surface area contributed by atoms with Crippen LogP contribution in [0.5, 0.6) is 11.5 Å². The zero-order chi connectivity index (χ0) is 23.0. The van der Waals surface area contributed by atoms with E-state index in [1.165, 1.54) is 37.3 Å². The van der Waals surface area contributed by atoms with Crippen molar-refractivity contribution in [2.24, 2.45) is 4.99 Å². The van der Waals surface area contributed by atoms with Gasteiger partial charge < -0.3 is 9.84 Å². The van der Waals surface area contributed by atoms with Gasteiger partial charge in [-0.1, -0.05) is 18.2 Å². The topological polar surface area (TPSA) is 93.0 Å². The Kier molecular flexibility index (Phi) is 5.56. The van der Waals surface area contributed by atoms with Crippen molar-refractivity contribution in [2.75, 3.05) is 0 Å². The molecule has 0 saturated heterocycles. The summed E-state index contributed by atoms with van der Waals surface area (Å²) in [5.41, 5.74) is 0.546. The standard InChI is InChI=1S/C24H20FNO5S/c1-14-23-19(12-22(27)28)15(2)26-20(23)13-21(24(14)25)32(29,30)18-10-8-17(9-11-18)31-16-6-4-3-5-7-16/h3-11,13,15H,12H2,1-2H3,(H,27,28). The second kappa shape index (κ2) is 8.20. The molecule has 0 radical (unpaired) electrons. The predicted octanol–water partition coefficient (Wildman–Crippen LogP) is 3.41. The summed E-state index contributed by atoms with van der Waals surface area (Å²) in [6.45, 7) is 3.15. The Morgan fingerprint density at radius 1 is 1.09 bits per heavy atom. The van der Waals surface area contributed by atoms with Gasteiger partial charge in [0.05, 0.1) is 22.7 Å². The van der Waals surface area contributed by atoms with Crippen LogP contribution in [0.2, 0.25) is 0 Å².